The van der Waals surface area contributed by atoms with E-state index in [9.17, 15) is 18.0 Å². The zero-order valence-electron chi connectivity index (χ0n) is 11.9. The first kappa shape index (κ1) is 14.8. The van der Waals surface area contributed by atoms with Gasteiger partial charge in [0, 0.05) is 13.0 Å². The topological polar surface area (TPSA) is 32.3 Å². The number of rotatable bonds is 2. The van der Waals surface area contributed by atoms with Crippen molar-refractivity contribution in [1.29, 1.82) is 0 Å². The lowest BCUT2D eigenvalue weighted by Gasteiger charge is -2.30. The molecule has 1 heterocycles. The van der Waals surface area contributed by atoms with E-state index in [-0.39, 0.29) is 24.4 Å². The number of carbonyl (C=O) groups excluding carboxylic acids is 1. The van der Waals surface area contributed by atoms with Gasteiger partial charge in [0.25, 0.3) is 0 Å². The fourth-order valence-corrected chi connectivity index (χ4v) is 2.86. The molecule has 1 atom stereocenters. The number of amides is 1. The molecule has 0 aliphatic carbocycles. The lowest BCUT2D eigenvalue weighted by molar-refractivity contribution is -0.190. The van der Waals surface area contributed by atoms with E-state index in [0.717, 1.165) is 16.0 Å². The Morgan fingerprint density at radius 3 is 2.64 bits per heavy atom. The van der Waals surface area contributed by atoms with Crippen molar-refractivity contribution in [3.05, 3.63) is 47.5 Å². The normalized spacial score (nSPS) is 17.7. The van der Waals surface area contributed by atoms with Crippen molar-refractivity contribution in [2.45, 2.75) is 25.6 Å². The van der Waals surface area contributed by atoms with E-state index in [0.29, 0.717) is 5.39 Å². The predicted octanol–water partition coefficient (Wildman–Crippen LogP) is 3.49. The SMILES string of the molecule is Cc1ccc2cccc(C(N3CCC(=O)N3)C(F)(F)F)c2c1. The van der Waals surface area contributed by atoms with E-state index < -0.39 is 12.2 Å². The molecule has 1 N–H and O–H groups in total. The summed E-state index contributed by atoms with van der Waals surface area (Å²) < 4.78 is 40.9. The van der Waals surface area contributed by atoms with Crippen molar-refractivity contribution in [2.24, 2.45) is 0 Å². The summed E-state index contributed by atoms with van der Waals surface area (Å²) >= 11 is 0. The van der Waals surface area contributed by atoms with Crippen LogP contribution in [0.4, 0.5) is 13.2 Å². The molecule has 1 saturated heterocycles. The third kappa shape index (κ3) is 2.66. The first-order chi connectivity index (χ1) is 10.4. The smallest absolute Gasteiger partial charge is 0.288 e. The molecule has 0 saturated carbocycles. The van der Waals surface area contributed by atoms with Gasteiger partial charge in [-0.2, -0.15) is 13.2 Å². The number of hydrogen-bond donors (Lipinski definition) is 1. The van der Waals surface area contributed by atoms with Crippen LogP contribution in [0.1, 0.15) is 23.6 Å². The summed E-state index contributed by atoms with van der Waals surface area (Å²) in [4.78, 5) is 11.3. The number of nitrogens with one attached hydrogen (secondary N) is 1. The first-order valence-corrected chi connectivity index (χ1v) is 6.98. The fourth-order valence-electron chi connectivity index (χ4n) is 2.86. The summed E-state index contributed by atoms with van der Waals surface area (Å²) in [5.41, 5.74) is 3.37. The lowest BCUT2D eigenvalue weighted by atomic mass is 9.96. The van der Waals surface area contributed by atoms with Gasteiger partial charge in [0.1, 0.15) is 0 Å². The maximum Gasteiger partial charge on any atom is 0.409 e. The minimum Gasteiger partial charge on any atom is -0.288 e. The van der Waals surface area contributed by atoms with Crippen LogP contribution in [0.2, 0.25) is 0 Å². The van der Waals surface area contributed by atoms with Gasteiger partial charge in [-0.15, -0.1) is 0 Å². The van der Waals surface area contributed by atoms with Gasteiger partial charge < -0.3 is 0 Å². The highest BCUT2D eigenvalue weighted by molar-refractivity contribution is 5.87. The summed E-state index contributed by atoms with van der Waals surface area (Å²) in [5.74, 6) is -0.384. The van der Waals surface area contributed by atoms with Crippen LogP contribution in [0.5, 0.6) is 0 Å². The zero-order chi connectivity index (χ0) is 15.9. The number of nitrogens with zero attached hydrogens (tertiary/aromatic N) is 1. The van der Waals surface area contributed by atoms with Crippen molar-refractivity contribution < 1.29 is 18.0 Å². The molecule has 116 valence electrons. The van der Waals surface area contributed by atoms with E-state index in [1.807, 2.05) is 19.1 Å². The number of halogens is 3. The molecule has 0 spiro atoms. The molecular weight excluding hydrogens is 293 g/mol. The van der Waals surface area contributed by atoms with E-state index >= 15 is 0 Å². The average Bonchev–Trinajstić information content (AvgIpc) is 2.84. The quantitative estimate of drug-likeness (QED) is 0.921. The molecule has 0 radical (unpaired) electrons. The number of hydrazine groups is 1. The number of fused-ring (bicyclic) bond motifs is 1. The molecule has 0 bridgehead atoms. The highest BCUT2D eigenvalue weighted by atomic mass is 19.4. The lowest BCUT2D eigenvalue weighted by Crippen LogP contribution is -2.43. The van der Waals surface area contributed by atoms with Crippen LogP contribution in [-0.2, 0) is 4.79 Å². The maximum absolute atomic E-state index is 13.6. The molecule has 1 aliphatic heterocycles. The summed E-state index contributed by atoms with van der Waals surface area (Å²) in [7, 11) is 0. The second-order valence-corrected chi connectivity index (χ2v) is 5.49. The molecule has 2 aromatic carbocycles. The molecular formula is C16H15F3N2O. The molecule has 1 unspecified atom stereocenters. The molecule has 6 heteroatoms. The molecule has 3 rings (SSSR count). The van der Waals surface area contributed by atoms with E-state index in [1.54, 1.807) is 18.2 Å². The Labute approximate surface area is 125 Å². The number of benzene rings is 2. The van der Waals surface area contributed by atoms with Crippen LogP contribution in [0.15, 0.2) is 36.4 Å². The van der Waals surface area contributed by atoms with Gasteiger partial charge in [-0.3, -0.25) is 10.2 Å². The second-order valence-electron chi connectivity index (χ2n) is 5.49. The molecule has 1 aliphatic rings. The highest BCUT2D eigenvalue weighted by Gasteiger charge is 2.47. The van der Waals surface area contributed by atoms with E-state index in [4.69, 9.17) is 0 Å². The van der Waals surface area contributed by atoms with Gasteiger partial charge in [0.05, 0.1) is 0 Å². The number of hydrogen-bond acceptors (Lipinski definition) is 2. The molecule has 22 heavy (non-hydrogen) atoms. The largest absolute Gasteiger partial charge is 0.409 e. The number of aryl methyl sites for hydroxylation is 1. The zero-order valence-corrected chi connectivity index (χ0v) is 11.9. The molecule has 1 fully saturated rings. The van der Waals surface area contributed by atoms with Gasteiger partial charge in [-0.05, 0) is 23.3 Å². The summed E-state index contributed by atoms with van der Waals surface area (Å²) in [5, 5.41) is 2.30. The minimum absolute atomic E-state index is 0.0468. The van der Waals surface area contributed by atoms with E-state index in [2.05, 4.69) is 5.43 Å². The van der Waals surface area contributed by atoms with Crippen molar-refractivity contribution in [1.82, 2.24) is 10.4 Å². The highest BCUT2D eigenvalue weighted by Crippen LogP contribution is 2.40. The summed E-state index contributed by atoms with van der Waals surface area (Å²) in [6, 6.07) is 8.46. The maximum atomic E-state index is 13.6. The van der Waals surface area contributed by atoms with Crippen molar-refractivity contribution in [3.63, 3.8) is 0 Å². The van der Waals surface area contributed by atoms with Crippen molar-refractivity contribution >= 4 is 16.7 Å². The Morgan fingerprint density at radius 2 is 2.00 bits per heavy atom. The molecule has 2 aromatic rings. The van der Waals surface area contributed by atoms with Gasteiger partial charge in [0.15, 0.2) is 6.04 Å². The van der Waals surface area contributed by atoms with Crippen LogP contribution < -0.4 is 5.43 Å². The van der Waals surface area contributed by atoms with Gasteiger partial charge in [-0.25, -0.2) is 5.01 Å². The fraction of sp³-hybridized carbons (Fsp3) is 0.312. The monoisotopic (exact) mass is 308 g/mol. The standard InChI is InChI=1S/C16H15F3N2O/c1-10-5-6-11-3-2-4-12(13(11)9-10)15(16(17,18)19)21-8-7-14(22)20-21/h2-6,9,15H,7-8H2,1H3,(H,20,22). The average molecular weight is 308 g/mol. The van der Waals surface area contributed by atoms with Crippen molar-refractivity contribution in [3.8, 4) is 0 Å². The second kappa shape index (κ2) is 5.28. The van der Waals surface area contributed by atoms with Crippen molar-refractivity contribution in [2.75, 3.05) is 6.54 Å². The predicted molar refractivity (Wildman–Crippen MR) is 76.9 cm³/mol. The van der Waals surface area contributed by atoms with Gasteiger partial charge >= 0.3 is 6.18 Å². The molecule has 0 aromatic heterocycles. The molecule has 1 amide bonds. The Kier molecular flexibility index (Phi) is 3.56. The third-order valence-electron chi connectivity index (χ3n) is 3.84. The number of carbonyl (C=O) groups is 1. The Morgan fingerprint density at radius 1 is 1.23 bits per heavy atom. The Balaban J connectivity index is 2.16. The summed E-state index contributed by atoms with van der Waals surface area (Å²) in [6.07, 6.45) is -4.40. The molecule has 3 nitrogen and oxygen atoms in total. The Hall–Kier alpha value is -2.08. The van der Waals surface area contributed by atoms with Crippen LogP contribution in [-0.4, -0.2) is 23.6 Å². The van der Waals surface area contributed by atoms with Crippen LogP contribution >= 0.6 is 0 Å². The van der Waals surface area contributed by atoms with Crippen LogP contribution in [0, 0.1) is 6.92 Å². The van der Waals surface area contributed by atoms with Crippen LogP contribution in [0.25, 0.3) is 10.8 Å². The third-order valence-corrected chi connectivity index (χ3v) is 3.84. The Bertz CT molecular complexity index is 727. The minimum atomic E-state index is -4.48. The number of alkyl halides is 3. The van der Waals surface area contributed by atoms with Crippen LogP contribution in [0.3, 0.4) is 0 Å². The van der Waals surface area contributed by atoms with E-state index in [1.165, 1.54) is 6.07 Å². The van der Waals surface area contributed by atoms with Gasteiger partial charge in [0.2, 0.25) is 5.91 Å². The summed E-state index contributed by atoms with van der Waals surface area (Å²) in [6.45, 7) is 1.89. The first-order valence-electron chi connectivity index (χ1n) is 6.98. The van der Waals surface area contributed by atoms with Gasteiger partial charge in [-0.1, -0.05) is 42.0 Å².